The summed E-state index contributed by atoms with van der Waals surface area (Å²) in [6, 6.07) is 12.3. The van der Waals surface area contributed by atoms with Gasteiger partial charge in [0.15, 0.2) is 0 Å². The molecule has 2 unspecified atom stereocenters. The van der Waals surface area contributed by atoms with E-state index in [4.69, 9.17) is 0 Å². The van der Waals surface area contributed by atoms with Gasteiger partial charge in [-0.3, -0.25) is 9.59 Å². The van der Waals surface area contributed by atoms with Gasteiger partial charge in [0.2, 0.25) is 11.8 Å². The number of fused-ring (bicyclic) bond motifs is 1. The Morgan fingerprint density at radius 1 is 1.21 bits per heavy atom. The van der Waals surface area contributed by atoms with Crippen LogP contribution in [-0.2, 0) is 16.0 Å². The van der Waals surface area contributed by atoms with Gasteiger partial charge in [0, 0.05) is 22.9 Å². The van der Waals surface area contributed by atoms with Gasteiger partial charge >= 0.3 is 0 Å². The Labute approximate surface area is 178 Å². The fraction of sp³-hybridized carbons (Fsp3) is 0.500. The first-order valence-electron chi connectivity index (χ1n) is 10.5. The van der Waals surface area contributed by atoms with Gasteiger partial charge in [0.25, 0.3) is 0 Å². The van der Waals surface area contributed by atoms with Crippen LogP contribution in [0.3, 0.4) is 0 Å². The van der Waals surface area contributed by atoms with Crippen LogP contribution >= 0.6 is 11.3 Å². The molecule has 0 N–H and O–H groups in total. The standard InChI is InChI=1S/C24H32N2O2S/c1-6-17(2)26(23(28)24(3,4)5)16-21(27)25-14-12-20-19(13-15-29-20)22(25)18-10-8-7-9-11-18/h7-11,13,15,17,22H,6,12,14,16H2,1-5H3. The van der Waals surface area contributed by atoms with Crippen molar-refractivity contribution in [2.45, 2.75) is 59.5 Å². The summed E-state index contributed by atoms with van der Waals surface area (Å²) in [6.07, 6.45) is 1.70. The third-order valence-corrected chi connectivity index (χ3v) is 6.73. The van der Waals surface area contributed by atoms with E-state index in [2.05, 4.69) is 30.5 Å². The molecule has 29 heavy (non-hydrogen) atoms. The second kappa shape index (κ2) is 8.70. The minimum atomic E-state index is -0.509. The molecule has 2 heterocycles. The normalized spacial score (nSPS) is 17.6. The maximum absolute atomic E-state index is 13.5. The van der Waals surface area contributed by atoms with E-state index in [1.54, 1.807) is 16.2 Å². The van der Waals surface area contributed by atoms with E-state index < -0.39 is 5.41 Å². The van der Waals surface area contributed by atoms with Crippen molar-refractivity contribution in [1.29, 1.82) is 0 Å². The summed E-state index contributed by atoms with van der Waals surface area (Å²) in [5.74, 6) is 0.0540. The summed E-state index contributed by atoms with van der Waals surface area (Å²) in [5, 5.41) is 2.11. The van der Waals surface area contributed by atoms with Crippen molar-refractivity contribution >= 4 is 23.2 Å². The molecule has 3 rings (SSSR count). The molecule has 0 bridgehead atoms. The SMILES string of the molecule is CCC(C)N(CC(=O)N1CCc2sccc2C1c1ccccc1)C(=O)C(C)(C)C. The Morgan fingerprint density at radius 2 is 1.90 bits per heavy atom. The van der Waals surface area contributed by atoms with Gasteiger partial charge in [-0.25, -0.2) is 0 Å². The van der Waals surface area contributed by atoms with Crippen LogP contribution in [0.2, 0.25) is 0 Å². The van der Waals surface area contributed by atoms with Crippen LogP contribution in [0.25, 0.3) is 0 Å². The minimum Gasteiger partial charge on any atom is -0.330 e. The van der Waals surface area contributed by atoms with Crippen molar-refractivity contribution in [1.82, 2.24) is 9.80 Å². The molecule has 1 aromatic heterocycles. The zero-order valence-electron chi connectivity index (χ0n) is 18.1. The first kappa shape index (κ1) is 21.6. The first-order valence-corrected chi connectivity index (χ1v) is 11.3. The second-order valence-corrected chi connectivity index (χ2v) is 9.89. The van der Waals surface area contributed by atoms with Crippen LogP contribution in [0.4, 0.5) is 0 Å². The van der Waals surface area contributed by atoms with Gasteiger partial charge in [-0.15, -0.1) is 11.3 Å². The molecule has 2 amide bonds. The number of nitrogens with zero attached hydrogens (tertiary/aromatic N) is 2. The van der Waals surface area contributed by atoms with E-state index in [1.807, 2.05) is 50.8 Å². The molecule has 1 aliphatic rings. The van der Waals surface area contributed by atoms with Crippen molar-refractivity contribution in [2.75, 3.05) is 13.1 Å². The molecule has 1 aromatic carbocycles. The molecule has 0 spiro atoms. The molecule has 0 saturated heterocycles. The molecule has 0 saturated carbocycles. The number of benzene rings is 1. The van der Waals surface area contributed by atoms with Crippen LogP contribution in [0.1, 0.15) is 63.1 Å². The molecule has 0 aliphatic carbocycles. The number of carbonyl (C=O) groups is 2. The van der Waals surface area contributed by atoms with Crippen LogP contribution < -0.4 is 0 Å². The quantitative estimate of drug-likeness (QED) is 0.701. The van der Waals surface area contributed by atoms with Crippen LogP contribution in [0.5, 0.6) is 0 Å². The summed E-state index contributed by atoms with van der Waals surface area (Å²) >= 11 is 1.77. The van der Waals surface area contributed by atoms with Gasteiger partial charge in [-0.1, -0.05) is 58.0 Å². The fourth-order valence-electron chi connectivity index (χ4n) is 3.90. The number of hydrogen-bond acceptors (Lipinski definition) is 3. The molecular formula is C24H32N2O2S. The van der Waals surface area contributed by atoms with E-state index in [9.17, 15) is 9.59 Å². The summed E-state index contributed by atoms with van der Waals surface area (Å²) in [4.78, 5) is 31.7. The van der Waals surface area contributed by atoms with E-state index >= 15 is 0 Å². The zero-order valence-corrected chi connectivity index (χ0v) is 19.0. The predicted octanol–water partition coefficient (Wildman–Crippen LogP) is 4.90. The first-order chi connectivity index (χ1) is 13.7. The van der Waals surface area contributed by atoms with E-state index in [0.29, 0.717) is 6.54 Å². The smallest absolute Gasteiger partial charge is 0.243 e. The monoisotopic (exact) mass is 412 g/mol. The molecule has 0 fully saturated rings. The maximum Gasteiger partial charge on any atom is 0.243 e. The van der Waals surface area contributed by atoms with Crippen LogP contribution in [0, 0.1) is 5.41 Å². The summed E-state index contributed by atoms with van der Waals surface area (Å²) in [5.41, 5.74) is 1.83. The average Bonchev–Trinajstić information content (AvgIpc) is 3.18. The highest BCUT2D eigenvalue weighted by Crippen LogP contribution is 2.38. The Hall–Kier alpha value is -2.14. The predicted molar refractivity (Wildman–Crippen MR) is 119 cm³/mol. The van der Waals surface area contributed by atoms with Crippen molar-refractivity contribution in [3.8, 4) is 0 Å². The van der Waals surface area contributed by atoms with Gasteiger partial charge in [0.05, 0.1) is 6.04 Å². The highest BCUT2D eigenvalue weighted by molar-refractivity contribution is 7.10. The van der Waals surface area contributed by atoms with Gasteiger partial charge < -0.3 is 9.80 Å². The number of carbonyl (C=O) groups excluding carboxylic acids is 2. The van der Waals surface area contributed by atoms with Gasteiger partial charge in [-0.2, -0.15) is 0 Å². The van der Waals surface area contributed by atoms with Crippen LogP contribution in [0.15, 0.2) is 41.8 Å². The Morgan fingerprint density at radius 3 is 2.52 bits per heavy atom. The lowest BCUT2D eigenvalue weighted by atomic mass is 9.92. The highest BCUT2D eigenvalue weighted by atomic mass is 32.1. The Bertz CT molecular complexity index is 853. The molecule has 2 atom stereocenters. The Kier molecular flexibility index (Phi) is 6.47. The molecule has 2 aromatic rings. The highest BCUT2D eigenvalue weighted by Gasteiger charge is 2.36. The zero-order chi connectivity index (χ0) is 21.2. The van der Waals surface area contributed by atoms with Crippen molar-refractivity contribution in [3.05, 3.63) is 57.8 Å². The lowest BCUT2D eigenvalue weighted by Crippen LogP contribution is -2.51. The third-order valence-electron chi connectivity index (χ3n) is 5.73. The fourth-order valence-corrected chi connectivity index (χ4v) is 4.80. The minimum absolute atomic E-state index is 0.0219. The lowest BCUT2D eigenvalue weighted by molar-refractivity contribution is -0.148. The van der Waals surface area contributed by atoms with Crippen molar-refractivity contribution in [2.24, 2.45) is 5.41 Å². The second-order valence-electron chi connectivity index (χ2n) is 8.89. The van der Waals surface area contributed by atoms with E-state index in [0.717, 1.165) is 18.4 Å². The number of hydrogen-bond donors (Lipinski definition) is 0. The van der Waals surface area contributed by atoms with Crippen LogP contribution in [-0.4, -0.2) is 40.7 Å². The van der Waals surface area contributed by atoms with E-state index in [-0.39, 0.29) is 30.4 Å². The third kappa shape index (κ3) is 4.55. The number of thiophene rings is 1. The molecule has 156 valence electrons. The summed E-state index contributed by atoms with van der Waals surface area (Å²) in [7, 11) is 0. The van der Waals surface area contributed by atoms with Crippen molar-refractivity contribution in [3.63, 3.8) is 0 Å². The number of amides is 2. The molecule has 4 nitrogen and oxygen atoms in total. The van der Waals surface area contributed by atoms with Gasteiger partial charge in [0.1, 0.15) is 6.54 Å². The molecule has 5 heteroatoms. The molecule has 1 aliphatic heterocycles. The van der Waals surface area contributed by atoms with Gasteiger partial charge in [-0.05, 0) is 42.3 Å². The summed E-state index contributed by atoms with van der Waals surface area (Å²) in [6.45, 7) is 10.7. The molecule has 0 radical (unpaired) electrons. The largest absolute Gasteiger partial charge is 0.330 e. The number of rotatable bonds is 5. The summed E-state index contributed by atoms with van der Waals surface area (Å²) < 4.78 is 0. The topological polar surface area (TPSA) is 40.6 Å². The maximum atomic E-state index is 13.5. The average molecular weight is 413 g/mol. The molecular weight excluding hydrogens is 380 g/mol. The lowest BCUT2D eigenvalue weighted by Gasteiger charge is -2.39. The van der Waals surface area contributed by atoms with E-state index in [1.165, 1.54) is 10.4 Å². The van der Waals surface area contributed by atoms with Crippen molar-refractivity contribution < 1.29 is 9.59 Å². The Balaban J connectivity index is 1.91.